The minimum atomic E-state index is 0.306. The molecule has 1 aromatic carbocycles. The maximum Gasteiger partial charge on any atom is 0.144 e. The van der Waals surface area contributed by atoms with E-state index in [1.807, 2.05) is 6.07 Å². The van der Waals surface area contributed by atoms with Crippen molar-refractivity contribution in [1.29, 1.82) is 5.26 Å². The fourth-order valence-corrected chi connectivity index (χ4v) is 1.07. The predicted octanol–water partition coefficient (Wildman–Crippen LogP) is 0.926. The van der Waals surface area contributed by atoms with Crippen LogP contribution in [0.5, 0.6) is 5.75 Å². The van der Waals surface area contributed by atoms with E-state index in [0.717, 1.165) is 5.56 Å². The Morgan fingerprint density at radius 1 is 1.46 bits per heavy atom. The van der Waals surface area contributed by atoms with E-state index in [9.17, 15) is 0 Å². The Morgan fingerprint density at radius 3 is 2.69 bits per heavy atom. The van der Waals surface area contributed by atoms with Crippen molar-refractivity contribution in [3.8, 4) is 11.8 Å². The van der Waals surface area contributed by atoms with Crippen LogP contribution in [0.15, 0.2) is 12.1 Å². The van der Waals surface area contributed by atoms with Crippen LogP contribution in [0.3, 0.4) is 0 Å². The van der Waals surface area contributed by atoms with Crippen molar-refractivity contribution in [1.82, 2.24) is 0 Å². The first kappa shape index (κ1) is 9.20. The maximum absolute atomic E-state index is 8.48. The van der Waals surface area contributed by atoms with Crippen LogP contribution in [0.25, 0.3) is 0 Å². The number of nitrogens with two attached hydrogens (primary N) is 2. The maximum atomic E-state index is 8.48. The number of nitriles is 1. The van der Waals surface area contributed by atoms with Gasteiger partial charge >= 0.3 is 0 Å². The van der Waals surface area contributed by atoms with E-state index in [1.165, 1.54) is 7.11 Å². The summed E-state index contributed by atoms with van der Waals surface area (Å²) in [6, 6.07) is 5.43. The molecule has 0 heterocycles. The molecule has 0 saturated carbocycles. The average molecular weight is 177 g/mol. The molecular formula is C9H11N3O. The van der Waals surface area contributed by atoms with Crippen molar-refractivity contribution in [2.75, 3.05) is 18.6 Å². The van der Waals surface area contributed by atoms with Crippen LogP contribution in [0.1, 0.15) is 5.56 Å². The summed E-state index contributed by atoms with van der Waals surface area (Å²) < 4.78 is 5.00. The van der Waals surface area contributed by atoms with Crippen molar-refractivity contribution in [3.05, 3.63) is 17.7 Å². The van der Waals surface area contributed by atoms with Crippen molar-refractivity contribution in [2.24, 2.45) is 0 Å². The molecule has 0 bridgehead atoms. The lowest BCUT2D eigenvalue weighted by Crippen LogP contribution is -1.99. The number of ether oxygens (including phenoxy) is 1. The summed E-state index contributed by atoms with van der Waals surface area (Å²) in [5.74, 6) is 0.519. The molecule has 1 rings (SSSR count). The molecule has 0 spiro atoms. The second kappa shape index (κ2) is 3.68. The van der Waals surface area contributed by atoms with Gasteiger partial charge in [0.1, 0.15) is 5.75 Å². The number of hydrogen-bond donors (Lipinski definition) is 2. The van der Waals surface area contributed by atoms with E-state index in [4.69, 9.17) is 21.5 Å². The molecule has 13 heavy (non-hydrogen) atoms. The minimum Gasteiger partial charge on any atom is -0.495 e. The van der Waals surface area contributed by atoms with Gasteiger partial charge in [-0.2, -0.15) is 5.26 Å². The first-order chi connectivity index (χ1) is 6.19. The first-order valence-electron chi connectivity index (χ1n) is 3.78. The Balaban J connectivity index is 3.16. The zero-order chi connectivity index (χ0) is 9.84. The molecule has 0 fully saturated rings. The van der Waals surface area contributed by atoms with Gasteiger partial charge < -0.3 is 16.2 Å². The molecule has 4 N–H and O–H groups in total. The normalized spacial score (nSPS) is 9.23. The van der Waals surface area contributed by atoms with Gasteiger partial charge in [-0.15, -0.1) is 0 Å². The summed E-state index contributed by atoms with van der Waals surface area (Å²) in [5, 5.41) is 8.48. The summed E-state index contributed by atoms with van der Waals surface area (Å²) in [4.78, 5) is 0. The number of methoxy groups -OCH3 is 1. The highest BCUT2D eigenvalue weighted by Gasteiger charge is 2.05. The molecule has 0 aromatic heterocycles. The molecule has 0 saturated heterocycles. The smallest absolute Gasteiger partial charge is 0.144 e. The second-order valence-corrected chi connectivity index (χ2v) is 2.64. The third kappa shape index (κ3) is 1.82. The van der Waals surface area contributed by atoms with Crippen LogP contribution in [-0.2, 0) is 6.42 Å². The van der Waals surface area contributed by atoms with E-state index in [-0.39, 0.29) is 0 Å². The van der Waals surface area contributed by atoms with Gasteiger partial charge in [-0.3, -0.25) is 0 Å². The quantitative estimate of drug-likeness (QED) is 0.658. The Hall–Kier alpha value is -1.89. The van der Waals surface area contributed by atoms with Crippen molar-refractivity contribution in [3.63, 3.8) is 0 Å². The average Bonchev–Trinajstić information content (AvgIpc) is 2.11. The van der Waals surface area contributed by atoms with Gasteiger partial charge in [0.05, 0.1) is 31.0 Å². The zero-order valence-corrected chi connectivity index (χ0v) is 7.37. The highest BCUT2D eigenvalue weighted by Crippen LogP contribution is 2.29. The van der Waals surface area contributed by atoms with Crippen LogP contribution in [0.2, 0.25) is 0 Å². The molecule has 0 aliphatic carbocycles. The first-order valence-corrected chi connectivity index (χ1v) is 3.78. The third-order valence-electron chi connectivity index (χ3n) is 1.74. The lowest BCUT2D eigenvalue weighted by atomic mass is 10.1. The molecule has 68 valence electrons. The Bertz CT molecular complexity index is 355. The highest BCUT2D eigenvalue weighted by molar-refractivity contribution is 5.72. The number of hydrogen-bond acceptors (Lipinski definition) is 4. The van der Waals surface area contributed by atoms with E-state index in [2.05, 4.69) is 0 Å². The largest absolute Gasteiger partial charge is 0.495 e. The van der Waals surface area contributed by atoms with Gasteiger partial charge in [0.2, 0.25) is 0 Å². The molecule has 4 heteroatoms. The predicted molar refractivity (Wildman–Crippen MR) is 51.1 cm³/mol. The molecule has 1 aromatic rings. The fraction of sp³-hybridized carbons (Fsp3) is 0.222. The van der Waals surface area contributed by atoms with E-state index >= 15 is 0 Å². The molecular weight excluding hydrogens is 166 g/mol. The van der Waals surface area contributed by atoms with Gasteiger partial charge in [-0.05, 0) is 17.7 Å². The van der Waals surface area contributed by atoms with E-state index in [0.29, 0.717) is 23.5 Å². The number of anilines is 2. The summed E-state index contributed by atoms with van der Waals surface area (Å²) in [5.41, 5.74) is 12.9. The lowest BCUT2D eigenvalue weighted by molar-refractivity contribution is 0.417. The van der Waals surface area contributed by atoms with Gasteiger partial charge in [-0.25, -0.2) is 0 Å². The Labute approximate surface area is 76.7 Å². The Kier molecular flexibility index (Phi) is 2.60. The number of nitrogen functional groups attached to an aromatic ring is 2. The molecule has 0 aliphatic rings. The summed E-state index contributed by atoms with van der Waals surface area (Å²) in [6.07, 6.45) is 0.306. The summed E-state index contributed by atoms with van der Waals surface area (Å²) in [6.45, 7) is 0. The fourth-order valence-electron chi connectivity index (χ4n) is 1.07. The lowest BCUT2D eigenvalue weighted by Gasteiger charge is -2.08. The van der Waals surface area contributed by atoms with Crippen LogP contribution in [-0.4, -0.2) is 7.11 Å². The highest BCUT2D eigenvalue weighted by atomic mass is 16.5. The molecule has 0 atom stereocenters. The van der Waals surface area contributed by atoms with Crippen LogP contribution in [0.4, 0.5) is 11.4 Å². The van der Waals surface area contributed by atoms with Gasteiger partial charge in [0, 0.05) is 0 Å². The van der Waals surface area contributed by atoms with Crippen molar-refractivity contribution in [2.45, 2.75) is 6.42 Å². The van der Waals surface area contributed by atoms with Crippen LogP contribution in [0, 0.1) is 11.3 Å². The number of rotatable bonds is 2. The number of benzene rings is 1. The minimum absolute atomic E-state index is 0.306. The topological polar surface area (TPSA) is 85.1 Å². The van der Waals surface area contributed by atoms with Gasteiger partial charge in [0.25, 0.3) is 0 Å². The van der Waals surface area contributed by atoms with E-state index < -0.39 is 0 Å². The van der Waals surface area contributed by atoms with Crippen LogP contribution < -0.4 is 16.2 Å². The third-order valence-corrected chi connectivity index (χ3v) is 1.74. The van der Waals surface area contributed by atoms with Gasteiger partial charge in [-0.1, -0.05) is 0 Å². The van der Waals surface area contributed by atoms with Crippen molar-refractivity contribution < 1.29 is 4.74 Å². The SMILES string of the molecule is COc1cc(CC#N)cc(N)c1N. The standard InChI is InChI=1S/C9H11N3O/c1-13-8-5-6(2-3-10)4-7(11)9(8)12/h4-5H,2,11-12H2,1H3. The summed E-state index contributed by atoms with van der Waals surface area (Å²) in [7, 11) is 1.52. The molecule has 0 radical (unpaired) electrons. The number of nitrogens with zero attached hydrogens (tertiary/aromatic N) is 1. The zero-order valence-electron chi connectivity index (χ0n) is 7.37. The van der Waals surface area contributed by atoms with Crippen LogP contribution >= 0.6 is 0 Å². The summed E-state index contributed by atoms with van der Waals surface area (Å²) >= 11 is 0. The van der Waals surface area contributed by atoms with Gasteiger partial charge in [0.15, 0.2) is 0 Å². The van der Waals surface area contributed by atoms with Crippen molar-refractivity contribution >= 4 is 11.4 Å². The monoisotopic (exact) mass is 177 g/mol. The molecule has 0 amide bonds. The second-order valence-electron chi connectivity index (χ2n) is 2.64. The molecule has 4 nitrogen and oxygen atoms in total. The molecule has 0 aliphatic heterocycles. The Morgan fingerprint density at radius 2 is 2.15 bits per heavy atom. The molecule has 0 unspecified atom stereocenters. The van der Waals surface area contributed by atoms with E-state index in [1.54, 1.807) is 12.1 Å².